The molecule has 0 spiro atoms. The Labute approximate surface area is 70.8 Å². The van der Waals surface area contributed by atoms with Gasteiger partial charge in [-0.2, -0.15) is 0 Å². The normalized spacial score (nSPS) is 8.11. The van der Waals surface area contributed by atoms with Gasteiger partial charge in [-0.15, -0.1) is 5.75 Å². The Balaban J connectivity index is 0.000000640. The van der Waals surface area contributed by atoms with Gasteiger partial charge in [0.25, 0.3) is 0 Å². The van der Waals surface area contributed by atoms with Crippen LogP contribution in [-0.4, -0.2) is 0 Å². The van der Waals surface area contributed by atoms with E-state index in [0.717, 1.165) is 0 Å². The third-order valence-corrected chi connectivity index (χ3v) is 1.03. The Morgan fingerprint density at radius 1 is 1.33 bits per heavy atom. The molecule has 0 radical (unpaired) electrons. The van der Waals surface area contributed by atoms with Crippen LogP contribution in [0.1, 0.15) is 0 Å². The van der Waals surface area contributed by atoms with Gasteiger partial charge in [0.1, 0.15) is 0 Å². The standard InChI is InChI=1S/C6H5ClO.Li/c7-5-2-1-3-6(8)4-5;/h1-4,8H;/q;+1/p-1. The van der Waals surface area contributed by atoms with E-state index in [0.29, 0.717) is 5.02 Å². The number of halogens is 1. The first-order valence-corrected chi connectivity index (χ1v) is 2.59. The molecule has 42 valence electrons. The second-order valence-corrected chi connectivity index (χ2v) is 1.89. The van der Waals surface area contributed by atoms with Crippen LogP contribution in [0.5, 0.6) is 5.75 Å². The smallest absolute Gasteiger partial charge is 0.872 e. The average Bonchev–Trinajstić information content (AvgIpc) is 1.64. The molecule has 1 rings (SSSR count). The molecular weight excluding hydrogens is 130 g/mol. The molecule has 0 aromatic heterocycles. The average molecular weight is 134 g/mol. The van der Waals surface area contributed by atoms with Crippen molar-refractivity contribution >= 4 is 11.6 Å². The van der Waals surface area contributed by atoms with Crippen molar-refractivity contribution in [2.45, 2.75) is 0 Å². The summed E-state index contributed by atoms with van der Waals surface area (Å²) in [6.07, 6.45) is 0. The molecule has 1 aromatic rings. The summed E-state index contributed by atoms with van der Waals surface area (Å²) < 4.78 is 0. The minimum Gasteiger partial charge on any atom is -0.872 e. The monoisotopic (exact) mass is 134 g/mol. The zero-order chi connectivity index (χ0) is 5.98. The van der Waals surface area contributed by atoms with Crippen molar-refractivity contribution in [2.75, 3.05) is 0 Å². The van der Waals surface area contributed by atoms with Crippen LogP contribution in [0.15, 0.2) is 24.3 Å². The van der Waals surface area contributed by atoms with E-state index in [1.807, 2.05) is 0 Å². The van der Waals surface area contributed by atoms with E-state index in [2.05, 4.69) is 0 Å². The Morgan fingerprint density at radius 2 is 2.00 bits per heavy atom. The Kier molecular flexibility index (Phi) is 3.80. The first-order chi connectivity index (χ1) is 3.79. The largest absolute Gasteiger partial charge is 1.00 e. The van der Waals surface area contributed by atoms with Crippen LogP contribution in [-0.2, 0) is 0 Å². The van der Waals surface area contributed by atoms with Crippen molar-refractivity contribution < 1.29 is 24.0 Å². The second-order valence-electron chi connectivity index (χ2n) is 1.46. The molecule has 0 unspecified atom stereocenters. The van der Waals surface area contributed by atoms with Gasteiger partial charge in [0.15, 0.2) is 0 Å². The molecule has 3 heteroatoms. The predicted molar refractivity (Wildman–Crippen MR) is 30.9 cm³/mol. The molecule has 0 bridgehead atoms. The molecule has 0 saturated heterocycles. The number of hydrogen-bond donors (Lipinski definition) is 0. The van der Waals surface area contributed by atoms with Gasteiger partial charge < -0.3 is 5.11 Å². The summed E-state index contributed by atoms with van der Waals surface area (Å²) in [6.45, 7) is 0. The van der Waals surface area contributed by atoms with Gasteiger partial charge in [-0.1, -0.05) is 29.8 Å². The molecular formula is C6H4ClLiO. The zero-order valence-corrected chi connectivity index (χ0v) is 5.85. The SMILES string of the molecule is [Li+].[O-]c1cccc(Cl)c1. The molecule has 0 fully saturated rings. The van der Waals surface area contributed by atoms with Crippen LogP contribution in [0.3, 0.4) is 0 Å². The maximum absolute atomic E-state index is 10.4. The molecule has 9 heavy (non-hydrogen) atoms. The van der Waals surface area contributed by atoms with Gasteiger partial charge >= 0.3 is 18.9 Å². The summed E-state index contributed by atoms with van der Waals surface area (Å²) >= 11 is 5.44. The molecule has 0 N–H and O–H groups in total. The molecule has 0 atom stereocenters. The molecule has 0 aliphatic rings. The van der Waals surface area contributed by atoms with Crippen LogP contribution in [0.25, 0.3) is 0 Å². The van der Waals surface area contributed by atoms with Gasteiger partial charge in [-0.3, -0.25) is 0 Å². The molecule has 0 saturated carbocycles. The van der Waals surface area contributed by atoms with E-state index in [4.69, 9.17) is 11.6 Å². The van der Waals surface area contributed by atoms with Gasteiger partial charge in [0.2, 0.25) is 0 Å². The summed E-state index contributed by atoms with van der Waals surface area (Å²) in [4.78, 5) is 0. The van der Waals surface area contributed by atoms with Gasteiger partial charge in [0.05, 0.1) is 0 Å². The minimum absolute atomic E-state index is 0. The van der Waals surface area contributed by atoms with E-state index >= 15 is 0 Å². The minimum atomic E-state index is -0.0440. The predicted octanol–water partition coefficient (Wildman–Crippen LogP) is -1.58. The van der Waals surface area contributed by atoms with E-state index in [-0.39, 0.29) is 24.6 Å². The molecule has 0 heterocycles. The molecule has 1 aromatic carbocycles. The summed E-state index contributed by atoms with van der Waals surface area (Å²) in [7, 11) is 0. The first kappa shape index (κ1) is 8.91. The van der Waals surface area contributed by atoms with E-state index in [1.54, 1.807) is 12.1 Å². The summed E-state index contributed by atoms with van der Waals surface area (Å²) in [6, 6.07) is 6.14. The Bertz CT molecular complexity index is 173. The number of benzene rings is 1. The maximum Gasteiger partial charge on any atom is 1.00 e. The van der Waals surface area contributed by atoms with E-state index in [9.17, 15) is 5.11 Å². The first-order valence-electron chi connectivity index (χ1n) is 2.21. The van der Waals surface area contributed by atoms with Crippen LogP contribution in [0, 0.1) is 0 Å². The molecule has 0 amide bonds. The van der Waals surface area contributed by atoms with Crippen molar-refractivity contribution in [1.29, 1.82) is 0 Å². The fourth-order valence-electron chi connectivity index (χ4n) is 0.467. The van der Waals surface area contributed by atoms with Crippen LogP contribution < -0.4 is 24.0 Å². The number of hydrogen-bond acceptors (Lipinski definition) is 1. The van der Waals surface area contributed by atoms with Crippen LogP contribution in [0.2, 0.25) is 5.02 Å². The van der Waals surface area contributed by atoms with Crippen molar-refractivity contribution in [1.82, 2.24) is 0 Å². The fourth-order valence-corrected chi connectivity index (χ4v) is 0.647. The Hall–Kier alpha value is -0.0926. The third kappa shape index (κ3) is 2.81. The number of rotatable bonds is 0. The topological polar surface area (TPSA) is 23.1 Å². The van der Waals surface area contributed by atoms with Crippen LogP contribution in [0.4, 0.5) is 0 Å². The van der Waals surface area contributed by atoms with E-state index in [1.165, 1.54) is 12.1 Å². The van der Waals surface area contributed by atoms with Crippen LogP contribution >= 0.6 is 11.6 Å². The van der Waals surface area contributed by atoms with E-state index < -0.39 is 0 Å². The summed E-state index contributed by atoms with van der Waals surface area (Å²) in [5.41, 5.74) is 0. The maximum atomic E-state index is 10.4. The van der Waals surface area contributed by atoms with Gasteiger partial charge in [-0.05, 0) is 6.07 Å². The Morgan fingerprint density at radius 3 is 2.33 bits per heavy atom. The summed E-state index contributed by atoms with van der Waals surface area (Å²) in [5, 5.41) is 10.9. The van der Waals surface area contributed by atoms with Crippen molar-refractivity contribution in [3.63, 3.8) is 0 Å². The van der Waals surface area contributed by atoms with Crippen molar-refractivity contribution in [3.8, 4) is 5.75 Å². The van der Waals surface area contributed by atoms with Crippen molar-refractivity contribution in [2.24, 2.45) is 0 Å². The molecule has 1 nitrogen and oxygen atoms in total. The van der Waals surface area contributed by atoms with Gasteiger partial charge in [-0.25, -0.2) is 0 Å². The van der Waals surface area contributed by atoms with Crippen molar-refractivity contribution in [3.05, 3.63) is 29.3 Å². The summed E-state index contributed by atoms with van der Waals surface area (Å²) in [5.74, 6) is -0.0440. The second kappa shape index (κ2) is 3.84. The quantitative estimate of drug-likeness (QED) is 0.393. The molecule has 0 aliphatic carbocycles. The molecule has 0 aliphatic heterocycles. The fraction of sp³-hybridized carbons (Fsp3) is 0. The third-order valence-electron chi connectivity index (χ3n) is 0.796. The van der Waals surface area contributed by atoms with Gasteiger partial charge in [0, 0.05) is 5.02 Å². The zero-order valence-electron chi connectivity index (χ0n) is 5.10.